The first-order chi connectivity index (χ1) is 19.1. The van der Waals surface area contributed by atoms with Crippen molar-refractivity contribution in [3.63, 3.8) is 0 Å². The number of ether oxygens (including phenoxy) is 1. The summed E-state index contributed by atoms with van der Waals surface area (Å²) in [6.45, 7) is 6.59. The normalized spacial score (nSPS) is 15.7. The molecule has 0 spiro atoms. The van der Waals surface area contributed by atoms with Gasteiger partial charge in [0.25, 0.3) is 5.91 Å². The first kappa shape index (κ1) is 27.0. The molecule has 1 atom stereocenters. The molecule has 1 unspecified atom stereocenters. The van der Waals surface area contributed by atoms with Crippen LogP contribution in [-0.2, 0) is 6.54 Å². The standard InChI is InChI=1S/C34H34N2O4/c1-20(2)23-10-14-27-30(17-23)40-31-18-25(36(4)5)12-15-28(31)32(27)26-13-11-24(16-29(26)34(38)39)33(37)35-19-22-8-6-21(3)7-9-22/h6-18,20,31H,19H2,1-5H3,(H,35,37)(H,38,39)/p-1. The molecule has 40 heavy (non-hydrogen) atoms. The van der Waals surface area contributed by atoms with E-state index in [9.17, 15) is 14.7 Å². The third-order valence-electron chi connectivity index (χ3n) is 7.41. The molecular weight excluding hydrogens is 500 g/mol. The van der Waals surface area contributed by atoms with Gasteiger partial charge in [0.05, 0.1) is 5.97 Å². The van der Waals surface area contributed by atoms with E-state index in [-0.39, 0.29) is 23.1 Å². The van der Waals surface area contributed by atoms with Gasteiger partial charge in [0.1, 0.15) is 11.9 Å². The number of aromatic carboxylic acids is 1. The van der Waals surface area contributed by atoms with Crippen molar-refractivity contribution in [1.29, 1.82) is 0 Å². The van der Waals surface area contributed by atoms with Crippen molar-refractivity contribution in [1.82, 2.24) is 10.2 Å². The quantitative estimate of drug-likeness (QED) is 0.463. The molecule has 6 heteroatoms. The van der Waals surface area contributed by atoms with Gasteiger partial charge in [0.2, 0.25) is 0 Å². The maximum absolute atomic E-state index is 13.0. The maximum Gasteiger partial charge on any atom is 0.251 e. The Morgan fingerprint density at radius 1 is 0.975 bits per heavy atom. The highest BCUT2D eigenvalue weighted by molar-refractivity contribution is 6.02. The highest BCUT2D eigenvalue weighted by Crippen LogP contribution is 2.44. The Balaban J connectivity index is 1.57. The molecule has 0 aromatic heterocycles. The molecule has 0 saturated carbocycles. The number of allylic oxidation sites excluding steroid dienone is 1. The lowest BCUT2D eigenvalue weighted by atomic mass is 9.82. The molecule has 1 heterocycles. The van der Waals surface area contributed by atoms with Crippen LogP contribution in [0.25, 0.3) is 5.57 Å². The van der Waals surface area contributed by atoms with Crippen LogP contribution >= 0.6 is 0 Å². The second-order valence-electron chi connectivity index (χ2n) is 10.8. The van der Waals surface area contributed by atoms with Gasteiger partial charge in [-0.05, 0) is 59.9 Å². The molecule has 0 radical (unpaired) electrons. The van der Waals surface area contributed by atoms with E-state index in [4.69, 9.17) is 4.74 Å². The van der Waals surface area contributed by atoms with Gasteiger partial charge in [0, 0.05) is 54.2 Å². The van der Waals surface area contributed by atoms with Gasteiger partial charge in [-0.2, -0.15) is 0 Å². The molecule has 2 aliphatic rings. The fraction of sp³-hybridized carbons (Fsp3) is 0.235. The summed E-state index contributed by atoms with van der Waals surface area (Å²) in [5.74, 6) is -0.693. The van der Waals surface area contributed by atoms with E-state index >= 15 is 0 Å². The molecule has 5 rings (SSSR count). The van der Waals surface area contributed by atoms with Crippen molar-refractivity contribution in [2.75, 3.05) is 14.1 Å². The molecule has 204 valence electrons. The average Bonchev–Trinajstić information content (AvgIpc) is 2.94. The SMILES string of the molecule is Cc1ccc(CNC(=O)c2ccc(C3=C4C=CC(N(C)C)=CC4Oc4cc(C(C)C)ccc43)c(C(=O)[O-])c2)cc1. The molecule has 1 N–H and O–H groups in total. The highest BCUT2D eigenvalue weighted by atomic mass is 16.5. The second kappa shape index (κ2) is 10.9. The number of hydrogen-bond donors (Lipinski definition) is 1. The Morgan fingerprint density at radius 3 is 2.38 bits per heavy atom. The van der Waals surface area contributed by atoms with E-state index in [1.165, 1.54) is 6.07 Å². The number of hydrogen-bond acceptors (Lipinski definition) is 5. The van der Waals surface area contributed by atoms with Crippen molar-refractivity contribution in [2.45, 2.75) is 39.3 Å². The largest absolute Gasteiger partial charge is 0.545 e. The van der Waals surface area contributed by atoms with E-state index in [2.05, 4.69) is 19.2 Å². The molecule has 3 aromatic carbocycles. The van der Waals surface area contributed by atoms with E-state index in [0.29, 0.717) is 23.8 Å². The summed E-state index contributed by atoms with van der Waals surface area (Å²) >= 11 is 0. The summed E-state index contributed by atoms with van der Waals surface area (Å²) < 4.78 is 6.46. The van der Waals surface area contributed by atoms with Crippen molar-refractivity contribution in [2.24, 2.45) is 0 Å². The Morgan fingerprint density at radius 2 is 1.70 bits per heavy atom. The van der Waals surface area contributed by atoms with Crippen LogP contribution in [0.2, 0.25) is 0 Å². The fourth-order valence-electron chi connectivity index (χ4n) is 5.05. The lowest BCUT2D eigenvalue weighted by Gasteiger charge is -2.33. The lowest BCUT2D eigenvalue weighted by molar-refractivity contribution is -0.255. The molecule has 1 aliphatic carbocycles. The van der Waals surface area contributed by atoms with Gasteiger partial charge >= 0.3 is 0 Å². The van der Waals surface area contributed by atoms with E-state index in [1.807, 2.05) is 86.6 Å². The first-order valence-electron chi connectivity index (χ1n) is 13.4. The number of nitrogens with zero attached hydrogens (tertiary/aromatic N) is 1. The van der Waals surface area contributed by atoms with Crippen LogP contribution in [0.1, 0.15) is 68.3 Å². The lowest BCUT2D eigenvalue weighted by Crippen LogP contribution is -2.29. The summed E-state index contributed by atoms with van der Waals surface area (Å²) in [7, 11) is 3.94. The van der Waals surface area contributed by atoms with Crippen LogP contribution in [0.4, 0.5) is 0 Å². The number of carboxylic acid groups (broad SMARTS) is 1. The molecule has 6 nitrogen and oxygen atoms in total. The zero-order valence-corrected chi connectivity index (χ0v) is 23.4. The number of nitrogens with one attached hydrogen (secondary N) is 1. The number of rotatable bonds is 7. The summed E-state index contributed by atoms with van der Waals surface area (Å²) in [6.07, 6.45) is 5.62. The van der Waals surface area contributed by atoms with Crippen molar-refractivity contribution >= 4 is 17.4 Å². The van der Waals surface area contributed by atoms with Crippen LogP contribution in [0.15, 0.2) is 90.2 Å². The van der Waals surface area contributed by atoms with Crippen LogP contribution in [0.5, 0.6) is 5.75 Å². The van der Waals surface area contributed by atoms with E-state index in [1.54, 1.807) is 12.1 Å². The Hall–Kier alpha value is -4.58. The predicted octanol–water partition coefficient (Wildman–Crippen LogP) is 4.99. The molecule has 3 aromatic rings. The van der Waals surface area contributed by atoms with Gasteiger partial charge < -0.3 is 24.9 Å². The monoisotopic (exact) mass is 533 g/mol. The second-order valence-corrected chi connectivity index (χ2v) is 10.8. The number of aryl methyl sites for hydroxylation is 1. The summed E-state index contributed by atoms with van der Waals surface area (Å²) in [5, 5.41) is 15.4. The van der Waals surface area contributed by atoms with Crippen LogP contribution in [0.3, 0.4) is 0 Å². The zero-order valence-electron chi connectivity index (χ0n) is 23.4. The van der Waals surface area contributed by atoms with Crippen LogP contribution < -0.4 is 15.2 Å². The molecule has 1 amide bonds. The topological polar surface area (TPSA) is 81.7 Å². The van der Waals surface area contributed by atoms with E-state index < -0.39 is 5.97 Å². The number of carbonyl (C=O) groups is 2. The predicted molar refractivity (Wildman–Crippen MR) is 155 cm³/mol. The summed E-state index contributed by atoms with van der Waals surface area (Å²) in [5.41, 5.74) is 7.36. The van der Waals surface area contributed by atoms with Crippen LogP contribution in [-0.4, -0.2) is 37.0 Å². The molecule has 0 bridgehead atoms. The zero-order chi connectivity index (χ0) is 28.6. The van der Waals surface area contributed by atoms with Gasteiger partial charge in [-0.1, -0.05) is 68.0 Å². The third-order valence-corrected chi connectivity index (χ3v) is 7.41. The number of likely N-dealkylation sites (N-methyl/N-ethyl adjacent to an activating group) is 1. The van der Waals surface area contributed by atoms with Crippen molar-refractivity contribution in [3.8, 4) is 5.75 Å². The van der Waals surface area contributed by atoms with Gasteiger partial charge in [-0.25, -0.2) is 0 Å². The number of amides is 1. The molecular formula is C34H33N2O4-. The minimum Gasteiger partial charge on any atom is -0.545 e. The Labute approximate surface area is 235 Å². The van der Waals surface area contributed by atoms with Crippen LogP contribution in [0, 0.1) is 6.92 Å². The molecule has 0 saturated heterocycles. The number of benzene rings is 3. The average molecular weight is 534 g/mol. The summed E-state index contributed by atoms with van der Waals surface area (Å²) in [4.78, 5) is 27.5. The first-order valence-corrected chi connectivity index (χ1v) is 13.4. The number of carboxylic acids is 1. The van der Waals surface area contributed by atoms with Crippen molar-refractivity contribution in [3.05, 3.63) is 129 Å². The highest BCUT2D eigenvalue weighted by Gasteiger charge is 2.31. The van der Waals surface area contributed by atoms with Gasteiger partial charge in [-0.3, -0.25) is 4.79 Å². The maximum atomic E-state index is 13.0. The Bertz CT molecular complexity index is 1580. The Kier molecular flexibility index (Phi) is 7.35. The fourth-order valence-corrected chi connectivity index (χ4v) is 5.05. The third kappa shape index (κ3) is 5.30. The minimum atomic E-state index is -1.34. The number of carbonyl (C=O) groups excluding carboxylic acids is 2. The molecule has 1 aliphatic heterocycles. The van der Waals surface area contributed by atoms with E-state index in [0.717, 1.165) is 39.1 Å². The smallest absolute Gasteiger partial charge is 0.251 e. The van der Waals surface area contributed by atoms with Gasteiger partial charge in [0.15, 0.2) is 0 Å². The molecule has 0 fully saturated rings. The number of fused-ring (bicyclic) bond motifs is 2. The van der Waals surface area contributed by atoms with Crippen molar-refractivity contribution < 1.29 is 19.4 Å². The van der Waals surface area contributed by atoms with Gasteiger partial charge in [-0.15, -0.1) is 0 Å². The minimum absolute atomic E-state index is 0.0409. The summed E-state index contributed by atoms with van der Waals surface area (Å²) in [6, 6.07) is 18.7.